The fourth-order valence-electron chi connectivity index (χ4n) is 5.61. The van der Waals surface area contributed by atoms with Gasteiger partial charge in [-0.1, -0.05) is 133 Å². The molecule has 8 rings (SSSR count). The zero-order valence-corrected chi connectivity index (χ0v) is 23.2. The summed E-state index contributed by atoms with van der Waals surface area (Å²) in [6, 6.07) is 51.6. The number of furan rings is 1. The molecule has 0 aliphatic carbocycles. The van der Waals surface area contributed by atoms with Crippen LogP contribution in [0.5, 0.6) is 0 Å². The molecule has 2 aromatic heterocycles. The molecule has 0 fully saturated rings. The Labute approximate surface area is 249 Å². The maximum Gasteiger partial charge on any atom is 0.164 e. The van der Waals surface area contributed by atoms with E-state index in [0.717, 1.165) is 55.3 Å². The van der Waals surface area contributed by atoms with Crippen molar-refractivity contribution in [1.29, 1.82) is 0 Å². The maximum atomic E-state index is 6.32. The molecule has 0 aliphatic rings. The molecule has 8 aromatic rings. The van der Waals surface area contributed by atoms with Crippen molar-refractivity contribution in [3.05, 3.63) is 152 Å². The fraction of sp³-hybridized carbons (Fsp3) is 0. The van der Waals surface area contributed by atoms with Crippen LogP contribution in [0.3, 0.4) is 0 Å². The van der Waals surface area contributed by atoms with Gasteiger partial charge in [0.2, 0.25) is 0 Å². The van der Waals surface area contributed by atoms with Crippen molar-refractivity contribution in [3.63, 3.8) is 0 Å². The number of hydrogen-bond acceptors (Lipinski definition) is 4. The zero-order chi connectivity index (χ0) is 28.6. The Morgan fingerprint density at radius 3 is 1.49 bits per heavy atom. The maximum absolute atomic E-state index is 6.32. The Morgan fingerprint density at radius 2 is 0.837 bits per heavy atom. The zero-order valence-electron chi connectivity index (χ0n) is 23.2. The van der Waals surface area contributed by atoms with Crippen LogP contribution in [0.25, 0.3) is 78.4 Å². The number of rotatable bonds is 5. The molecule has 0 N–H and O–H groups in total. The Bertz CT molecular complexity index is 2210. The Morgan fingerprint density at radius 1 is 0.349 bits per heavy atom. The van der Waals surface area contributed by atoms with Crippen molar-refractivity contribution in [2.24, 2.45) is 0 Å². The van der Waals surface area contributed by atoms with E-state index in [0.29, 0.717) is 17.5 Å². The predicted octanol–water partition coefficient (Wildman–Crippen LogP) is 10.1. The highest BCUT2D eigenvalue weighted by Crippen LogP contribution is 2.38. The lowest BCUT2D eigenvalue weighted by molar-refractivity contribution is 0.669. The first-order chi connectivity index (χ1) is 21.3. The van der Waals surface area contributed by atoms with Gasteiger partial charge in [-0.15, -0.1) is 0 Å². The normalized spacial score (nSPS) is 11.3. The second-order valence-electron chi connectivity index (χ2n) is 10.5. The van der Waals surface area contributed by atoms with Gasteiger partial charge in [-0.2, -0.15) is 0 Å². The van der Waals surface area contributed by atoms with Gasteiger partial charge >= 0.3 is 0 Å². The number of nitrogens with zero attached hydrogens (tertiary/aromatic N) is 3. The van der Waals surface area contributed by atoms with Gasteiger partial charge in [-0.25, -0.2) is 15.0 Å². The first-order valence-electron chi connectivity index (χ1n) is 14.3. The minimum absolute atomic E-state index is 0.606. The van der Waals surface area contributed by atoms with Crippen molar-refractivity contribution >= 4 is 21.9 Å². The Kier molecular flexibility index (Phi) is 6.08. The molecule has 4 nitrogen and oxygen atoms in total. The summed E-state index contributed by atoms with van der Waals surface area (Å²) in [6.07, 6.45) is 0. The van der Waals surface area contributed by atoms with E-state index < -0.39 is 0 Å². The van der Waals surface area contributed by atoms with Gasteiger partial charge in [0.15, 0.2) is 17.5 Å². The predicted molar refractivity (Wildman–Crippen MR) is 174 cm³/mol. The summed E-state index contributed by atoms with van der Waals surface area (Å²) in [5, 5.41) is 2.02. The highest BCUT2D eigenvalue weighted by molar-refractivity contribution is 6.12. The molecule has 0 bridgehead atoms. The first-order valence-corrected chi connectivity index (χ1v) is 14.3. The molecule has 4 heteroatoms. The number of aromatic nitrogens is 3. The summed E-state index contributed by atoms with van der Waals surface area (Å²) in [5.41, 5.74) is 9.00. The van der Waals surface area contributed by atoms with Crippen molar-refractivity contribution in [1.82, 2.24) is 15.0 Å². The summed E-state index contributed by atoms with van der Waals surface area (Å²) in [6.45, 7) is 0. The number of fused-ring (bicyclic) bond motifs is 3. The van der Waals surface area contributed by atoms with E-state index in [9.17, 15) is 0 Å². The van der Waals surface area contributed by atoms with Crippen LogP contribution in [-0.4, -0.2) is 15.0 Å². The lowest BCUT2D eigenvalue weighted by Crippen LogP contribution is -2.00. The average Bonchev–Trinajstić information content (AvgIpc) is 3.47. The van der Waals surface area contributed by atoms with Crippen LogP contribution in [0.15, 0.2) is 156 Å². The van der Waals surface area contributed by atoms with Gasteiger partial charge in [0, 0.05) is 27.5 Å². The molecular weight excluding hydrogens is 526 g/mol. The highest BCUT2D eigenvalue weighted by atomic mass is 16.3. The van der Waals surface area contributed by atoms with Crippen LogP contribution in [-0.2, 0) is 0 Å². The summed E-state index contributed by atoms with van der Waals surface area (Å²) in [4.78, 5) is 15.0. The van der Waals surface area contributed by atoms with Gasteiger partial charge in [0.05, 0.1) is 0 Å². The van der Waals surface area contributed by atoms with Gasteiger partial charge in [-0.05, 0) is 40.5 Å². The monoisotopic (exact) mass is 551 g/mol. The lowest BCUT2D eigenvalue weighted by atomic mass is 10.0. The molecule has 2 heterocycles. The third-order valence-electron chi connectivity index (χ3n) is 7.76. The van der Waals surface area contributed by atoms with Crippen LogP contribution < -0.4 is 0 Å². The molecule has 0 radical (unpaired) electrons. The van der Waals surface area contributed by atoms with Crippen molar-refractivity contribution in [3.8, 4) is 56.4 Å². The van der Waals surface area contributed by atoms with Crippen molar-refractivity contribution in [2.45, 2.75) is 0 Å². The van der Waals surface area contributed by atoms with E-state index in [-0.39, 0.29) is 0 Å². The minimum atomic E-state index is 0.606. The molecular formula is C39H25N3O. The molecule has 6 aromatic carbocycles. The molecule has 0 aliphatic heterocycles. The minimum Gasteiger partial charge on any atom is -0.456 e. The third kappa shape index (κ3) is 4.65. The van der Waals surface area contributed by atoms with Gasteiger partial charge in [0.25, 0.3) is 0 Å². The topological polar surface area (TPSA) is 51.8 Å². The van der Waals surface area contributed by atoms with E-state index in [1.54, 1.807) is 0 Å². The smallest absolute Gasteiger partial charge is 0.164 e. The summed E-state index contributed by atoms with van der Waals surface area (Å²) in [5.74, 6) is 1.86. The SMILES string of the molecule is c1ccc(-c2ccc(-c3nc(-c4ccccc4)nc(-c4cccc5oc6ccc(-c7ccccc7)cc6c45)n3)cc2)cc1. The average molecular weight is 552 g/mol. The largest absolute Gasteiger partial charge is 0.456 e. The highest BCUT2D eigenvalue weighted by Gasteiger charge is 2.18. The molecule has 43 heavy (non-hydrogen) atoms. The van der Waals surface area contributed by atoms with Crippen LogP contribution in [0.2, 0.25) is 0 Å². The molecule has 0 saturated carbocycles. The Hall–Kier alpha value is -5.87. The van der Waals surface area contributed by atoms with E-state index in [1.807, 2.05) is 60.7 Å². The summed E-state index contributed by atoms with van der Waals surface area (Å²) in [7, 11) is 0. The molecule has 0 atom stereocenters. The quantitative estimate of drug-likeness (QED) is 0.214. The lowest BCUT2D eigenvalue weighted by Gasteiger charge is -2.10. The fourth-order valence-corrected chi connectivity index (χ4v) is 5.61. The number of benzene rings is 6. The van der Waals surface area contributed by atoms with Crippen molar-refractivity contribution in [2.75, 3.05) is 0 Å². The van der Waals surface area contributed by atoms with Crippen molar-refractivity contribution < 1.29 is 4.42 Å². The van der Waals surface area contributed by atoms with Gasteiger partial charge in [-0.3, -0.25) is 0 Å². The Balaban J connectivity index is 1.32. The standard InChI is InChI=1S/C39H25N3O/c1-4-11-26(12-5-1)28-19-21-30(22-20-28)38-40-37(29-15-8-3-9-16-29)41-39(42-38)32-17-10-18-35-36(32)33-25-31(23-24-34(33)43-35)27-13-6-2-7-14-27/h1-25H. The second-order valence-corrected chi connectivity index (χ2v) is 10.5. The molecule has 202 valence electrons. The summed E-state index contributed by atoms with van der Waals surface area (Å²) < 4.78 is 6.32. The summed E-state index contributed by atoms with van der Waals surface area (Å²) >= 11 is 0. The van der Waals surface area contributed by atoms with E-state index in [1.165, 1.54) is 5.56 Å². The molecule has 0 spiro atoms. The second kappa shape index (κ2) is 10.5. The first kappa shape index (κ1) is 24.9. The molecule has 0 amide bonds. The van der Waals surface area contributed by atoms with E-state index in [2.05, 4.69) is 91.0 Å². The third-order valence-corrected chi connectivity index (χ3v) is 7.76. The number of hydrogen-bond donors (Lipinski definition) is 0. The van der Waals surface area contributed by atoms with Crippen LogP contribution in [0, 0.1) is 0 Å². The van der Waals surface area contributed by atoms with E-state index >= 15 is 0 Å². The van der Waals surface area contributed by atoms with Gasteiger partial charge in [0.1, 0.15) is 11.2 Å². The molecule has 0 saturated heterocycles. The van der Waals surface area contributed by atoms with E-state index in [4.69, 9.17) is 19.4 Å². The van der Waals surface area contributed by atoms with Crippen LogP contribution >= 0.6 is 0 Å². The van der Waals surface area contributed by atoms with Crippen LogP contribution in [0.4, 0.5) is 0 Å². The van der Waals surface area contributed by atoms with Gasteiger partial charge < -0.3 is 4.42 Å². The molecule has 0 unspecified atom stereocenters. The van der Waals surface area contributed by atoms with Crippen LogP contribution in [0.1, 0.15) is 0 Å².